The van der Waals surface area contributed by atoms with Crippen LogP contribution in [0.2, 0.25) is 0 Å². The summed E-state index contributed by atoms with van der Waals surface area (Å²) in [7, 11) is 1.65. The van der Waals surface area contributed by atoms with Gasteiger partial charge in [0.2, 0.25) is 0 Å². The molecule has 0 aliphatic carbocycles. The molecule has 5 nitrogen and oxygen atoms in total. The van der Waals surface area contributed by atoms with Gasteiger partial charge in [-0.15, -0.1) is 0 Å². The highest BCUT2D eigenvalue weighted by atomic mass is 19.4. The van der Waals surface area contributed by atoms with E-state index < -0.39 is 12.8 Å². The maximum Gasteiger partial charge on any atom is 0.411 e. The summed E-state index contributed by atoms with van der Waals surface area (Å²) in [6, 6.07) is 0. The second-order valence-corrected chi connectivity index (χ2v) is 5.28. The molecule has 1 atom stereocenters. The van der Waals surface area contributed by atoms with E-state index in [1.807, 2.05) is 6.92 Å². The molecule has 0 bridgehead atoms. The van der Waals surface area contributed by atoms with Gasteiger partial charge in [-0.1, -0.05) is 0 Å². The van der Waals surface area contributed by atoms with Crippen molar-refractivity contribution < 1.29 is 22.6 Å². The molecule has 124 valence electrons. The average Bonchev–Trinajstić information content (AvgIpc) is 2.83. The van der Waals surface area contributed by atoms with Crippen LogP contribution < -0.4 is 10.6 Å². The minimum atomic E-state index is -4.26. The van der Waals surface area contributed by atoms with Gasteiger partial charge in [-0.2, -0.15) is 13.2 Å². The highest BCUT2D eigenvalue weighted by molar-refractivity contribution is 5.79. The number of halogens is 3. The Kier molecular flexibility index (Phi) is 7.24. The molecule has 8 heteroatoms. The van der Waals surface area contributed by atoms with E-state index in [4.69, 9.17) is 4.74 Å². The normalized spacial score (nSPS) is 23.4. The van der Waals surface area contributed by atoms with Gasteiger partial charge in [-0.3, -0.25) is 4.99 Å². The first kappa shape index (κ1) is 18.0. The second kappa shape index (κ2) is 8.43. The van der Waals surface area contributed by atoms with Crippen molar-refractivity contribution in [2.45, 2.75) is 38.0 Å². The highest BCUT2D eigenvalue weighted by Crippen LogP contribution is 2.23. The summed E-state index contributed by atoms with van der Waals surface area (Å²) in [4.78, 5) is 4.06. The van der Waals surface area contributed by atoms with Crippen molar-refractivity contribution >= 4 is 5.96 Å². The van der Waals surface area contributed by atoms with Crippen LogP contribution in [0, 0.1) is 0 Å². The molecule has 0 amide bonds. The summed E-state index contributed by atoms with van der Waals surface area (Å²) in [5.74, 6) is 0.613. The lowest BCUT2D eigenvalue weighted by Gasteiger charge is -2.24. The van der Waals surface area contributed by atoms with Gasteiger partial charge in [0.05, 0.1) is 5.60 Å². The molecular weight excluding hydrogens is 287 g/mol. The van der Waals surface area contributed by atoms with Crippen molar-refractivity contribution in [3.63, 3.8) is 0 Å². The standard InChI is InChI=1S/C13H24F3N3O2/c1-12(5-3-8-21-12)9-19-11(17-2)18-6-4-7-20-10-13(14,15)16/h3-10H2,1-2H3,(H2,17,18,19). The molecule has 21 heavy (non-hydrogen) atoms. The average molecular weight is 311 g/mol. The molecule has 0 aromatic heterocycles. The van der Waals surface area contributed by atoms with E-state index in [0.29, 0.717) is 25.5 Å². The molecule has 1 unspecified atom stereocenters. The number of hydrogen-bond donors (Lipinski definition) is 2. The first-order valence-electron chi connectivity index (χ1n) is 7.08. The van der Waals surface area contributed by atoms with Crippen LogP contribution in [0.1, 0.15) is 26.2 Å². The molecule has 1 heterocycles. The van der Waals surface area contributed by atoms with Crippen LogP contribution in [0.5, 0.6) is 0 Å². The molecule has 1 aliphatic rings. The molecule has 2 N–H and O–H groups in total. The summed E-state index contributed by atoms with van der Waals surface area (Å²) < 4.78 is 45.7. The molecule has 0 aromatic carbocycles. The number of alkyl halides is 3. The van der Waals surface area contributed by atoms with Crippen molar-refractivity contribution in [2.24, 2.45) is 4.99 Å². The Morgan fingerprint density at radius 2 is 2.14 bits per heavy atom. The predicted octanol–water partition coefficient (Wildman–Crippen LogP) is 1.69. The fourth-order valence-corrected chi connectivity index (χ4v) is 2.04. The number of nitrogens with zero attached hydrogens (tertiary/aromatic N) is 1. The summed E-state index contributed by atoms with van der Waals surface area (Å²) in [5.41, 5.74) is -0.173. The number of aliphatic imine (C=N–C) groups is 1. The van der Waals surface area contributed by atoms with E-state index in [1.165, 1.54) is 0 Å². The second-order valence-electron chi connectivity index (χ2n) is 5.28. The first-order chi connectivity index (χ1) is 9.85. The molecular formula is C13H24F3N3O2. The third kappa shape index (κ3) is 8.11. The van der Waals surface area contributed by atoms with Crippen molar-refractivity contribution in [1.82, 2.24) is 10.6 Å². The Hall–Kier alpha value is -1.02. The van der Waals surface area contributed by atoms with E-state index >= 15 is 0 Å². The van der Waals surface area contributed by atoms with E-state index in [2.05, 4.69) is 20.4 Å². The van der Waals surface area contributed by atoms with Crippen LogP contribution in [0.3, 0.4) is 0 Å². The Balaban J connectivity index is 2.09. The fourth-order valence-electron chi connectivity index (χ4n) is 2.04. The lowest BCUT2D eigenvalue weighted by atomic mass is 10.0. The molecule has 1 rings (SSSR count). The summed E-state index contributed by atoms with van der Waals surface area (Å²) in [6.45, 7) is 2.83. The van der Waals surface area contributed by atoms with Crippen molar-refractivity contribution in [1.29, 1.82) is 0 Å². The molecule has 0 spiro atoms. The fraction of sp³-hybridized carbons (Fsp3) is 0.923. The van der Waals surface area contributed by atoms with Crippen LogP contribution in [0.15, 0.2) is 4.99 Å². The third-order valence-corrected chi connectivity index (χ3v) is 3.18. The number of nitrogens with one attached hydrogen (secondary N) is 2. The van der Waals surface area contributed by atoms with Gasteiger partial charge in [-0.05, 0) is 26.2 Å². The number of ether oxygens (including phenoxy) is 2. The van der Waals surface area contributed by atoms with Crippen LogP contribution in [0.4, 0.5) is 13.2 Å². The monoisotopic (exact) mass is 311 g/mol. The largest absolute Gasteiger partial charge is 0.411 e. The lowest BCUT2D eigenvalue weighted by Crippen LogP contribution is -2.45. The number of guanidine groups is 1. The maximum absolute atomic E-state index is 11.9. The molecule has 1 aliphatic heterocycles. The zero-order valence-electron chi connectivity index (χ0n) is 12.6. The number of rotatable bonds is 7. The molecule has 0 aromatic rings. The summed E-state index contributed by atoms with van der Waals surface area (Å²) in [5, 5.41) is 6.19. The predicted molar refractivity (Wildman–Crippen MR) is 74.4 cm³/mol. The van der Waals surface area contributed by atoms with E-state index in [-0.39, 0.29) is 12.2 Å². The van der Waals surface area contributed by atoms with Gasteiger partial charge in [0, 0.05) is 33.4 Å². The zero-order valence-corrected chi connectivity index (χ0v) is 12.6. The molecule has 0 saturated carbocycles. The van der Waals surface area contributed by atoms with Gasteiger partial charge in [0.25, 0.3) is 0 Å². The minimum absolute atomic E-state index is 0.0599. The summed E-state index contributed by atoms with van der Waals surface area (Å²) >= 11 is 0. The van der Waals surface area contributed by atoms with Gasteiger partial charge in [-0.25, -0.2) is 0 Å². The van der Waals surface area contributed by atoms with Crippen LogP contribution >= 0.6 is 0 Å². The first-order valence-corrected chi connectivity index (χ1v) is 7.08. The van der Waals surface area contributed by atoms with Gasteiger partial charge >= 0.3 is 6.18 Å². The Morgan fingerprint density at radius 1 is 1.38 bits per heavy atom. The Morgan fingerprint density at radius 3 is 2.71 bits per heavy atom. The van der Waals surface area contributed by atoms with Crippen LogP contribution in [-0.2, 0) is 9.47 Å². The van der Waals surface area contributed by atoms with Crippen molar-refractivity contribution in [3.8, 4) is 0 Å². The lowest BCUT2D eigenvalue weighted by molar-refractivity contribution is -0.173. The molecule has 1 saturated heterocycles. The highest BCUT2D eigenvalue weighted by Gasteiger charge is 2.29. The SMILES string of the molecule is CN=C(NCCCOCC(F)(F)F)NCC1(C)CCCO1. The van der Waals surface area contributed by atoms with Crippen molar-refractivity contribution in [3.05, 3.63) is 0 Å². The summed E-state index contributed by atoms with van der Waals surface area (Å²) in [6.07, 6.45) is -1.73. The van der Waals surface area contributed by atoms with Gasteiger partial charge in [0.15, 0.2) is 5.96 Å². The van der Waals surface area contributed by atoms with Crippen LogP contribution in [0.25, 0.3) is 0 Å². The zero-order chi connectivity index (χ0) is 15.8. The Labute approximate surface area is 123 Å². The van der Waals surface area contributed by atoms with E-state index in [9.17, 15) is 13.2 Å². The van der Waals surface area contributed by atoms with E-state index in [0.717, 1.165) is 19.4 Å². The minimum Gasteiger partial charge on any atom is -0.373 e. The number of hydrogen-bond acceptors (Lipinski definition) is 3. The Bertz CT molecular complexity index is 329. The van der Waals surface area contributed by atoms with Gasteiger partial charge < -0.3 is 20.1 Å². The third-order valence-electron chi connectivity index (χ3n) is 3.18. The quantitative estimate of drug-likeness (QED) is 0.427. The van der Waals surface area contributed by atoms with E-state index in [1.54, 1.807) is 7.05 Å². The molecule has 0 radical (unpaired) electrons. The maximum atomic E-state index is 11.9. The molecule has 1 fully saturated rings. The van der Waals surface area contributed by atoms with Crippen molar-refractivity contribution in [2.75, 3.05) is 40.0 Å². The van der Waals surface area contributed by atoms with Gasteiger partial charge in [0.1, 0.15) is 6.61 Å². The smallest absolute Gasteiger partial charge is 0.373 e. The topological polar surface area (TPSA) is 54.9 Å². The van der Waals surface area contributed by atoms with Crippen LogP contribution in [-0.4, -0.2) is 57.7 Å².